The lowest BCUT2D eigenvalue weighted by Gasteiger charge is -2.34. The highest BCUT2D eigenvalue weighted by Gasteiger charge is 2.26. The van der Waals surface area contributed by atoms with Gasteiger partial charge in [0.05, 0.1) is 12.4 Å². The van der Waals surface area contributed by atoms with E-state index in [2.05, 4.69) is 40.7 Å². The van der Waals surface area contributed by atoms with Gasteiger partial charge in [0.1, 0.15) is 11.6 Å². The Bertz CT molecular complexity index is 1040. The molecule has 4 rings (SSSR count). The van der Waals surface area contributed by atoms with Crippen LogP contribution < -0.4 is 4.74 Å². The normalized spacial score (nSPS) is 18.3. The van der Waals surface area contributed by atoms with Gasteiger partial charge in [-0.1, -0.05) is 55.9 Å². The zero-order valence-corrected chi connectivity index (χ0v) is 20.4. The van der Waals surface area contributed by atoms with E-state index in [0.29, 0.717) is 30.6 Å². The summed E-state index contributed by atoms with van der Waals surface area (Å²) < 4.78 is 7.66. The molecule has 1 aliphatic rings. The summed E-state index contributed by atoms with van der Waals surface area (Å²) in [5.74, 6) is 3.31. The minimum absolute atomic E-state index is 0.171. The molecule has 174 valence electrons. The molecule has 0 aliphatic carbocycles. The van der Waals surface area contributed by atoms with Crippen molar-refractivity contribution in [2.45, 2.75) is 38.8 Å². The first-order valence-electron chi connectivity index (χ1n) is 11.7. The van der Waals surface area contributed by atoms with Gasteiger partial charge in [0, 0.05) is 25.2 Å². The molecule has 3 aromatic rings. The first kappa shape index (κ1) is 23.4. The molecule has 1 aliphatic heterocycles. The minimum atomic E-state index is 0.171. The molecular formula is C26H32N4O2S. The first-order chi connectivity index (χ1) is 16.0. The average Bonchev–Trinajstić information content (AvgIpc) is 3.20. The number of amides is 1. The Kier molecular flexibility index (Phi) is 7.70. The van der Waals surface area contributed by atoms with Crippen LogP contribution in [0.3, 0.4) is 0 Å². The lowest BCUT2D eigenvalue weighted by atomic mass is 9.92. The van der Waals surface area contributed by atoms with E-state index in [1.807, 2.05) is 54.3 Å². The fourth-order valence-corrected chi connectivity index (χ4v) is 5.36. The molecule has 1 aromatic heterocycles. The minimum Gasteiger partial charge on any atom is -0.494 e. The van der Waals surface area contributed by atoms with Crippen LogP contribution in [0.2, 0.25) is 0 Å². The van der Waals surface area contributed by atoms with Gasteiger partial charge >= 0.3 is 0 Å². The van der Waals surface area contributed by atoms with Crippen LogP contribution in [0.5, 0.6) is 5.75 Å². The molecule has 7 heteroatoms. The van der Waals surface area contributed by atoms with E-state index in [-0.39, 0.29) is 5.91 Å². The number of likely N-dealkylation sites (tertiary alicyclic amines) is 1. The summed E-state index contributed by atoms with van der Waals surface area (Å²) in [6.45, 7) is 8.73. The van der Waals surface area contributed by atoms with E-state index in [1.165, 1.54) is 23.7 Å². The van der Waals surface area contributed by atoms with Crippen LogP contribution in [0.15, 0.2) is 59.8 Å². The quantitative estimate of drug-likeness (QED) is 0.446. The number of hydrogen-bond acceptors (Lipinski definition) is 5. The Morgan fingerprint density at radius 1 is 1.03 bits per heavy atom. The van der Waals surface area contributed by atoms with Crippen LogP contribution in [0.4, 0.5) is 0 Å². The van der Waals surface area contributed by atoms with E-state index in [4.69, 9.17) is 4.74 Å². The van der Waals surface area contributed by atoms with Gasteiger partial charge in [-0.25, -0.2) is 0 Å². The van der Waals surface area contributed by atoms with Gasteiger partial charge in [-0.05, 0) is 55.0 Å². The van der Waals surface area contributed by atoms with Gasteiger partial charge in [-0.2, -0.15) is 0 Å². The topological polar surface area (TPSA) is 60.2 Å². The maximum Gasteiger partial charge on any atom is 0.233 e. The molecule has 0 unspecified atom stereocenters. The molecule has 1 amide bonds. The van der Waals surface area contributed by atoms with Gasteiger partial charge in [0.2, 0.25) is 5.91 Å². The van der Waals surface area contributed by atoms with Crippen LogP contribution in [-0.4, -0.2) is 51.0 Å². The lowest BCUT2D eigenvalue weighted by molar-refractivity contribution is -0.130. The van der Waals surface area contributed by atoms with Crippen molar-refractivity contribution < 1.29 is 9.53 Å². The molecule has 6 nitrogen and oxygen atoms in total. The predicted octanol–water partition coefficient (Wildman–Crippen LogP) is 4.85. The molecule has 1 fully saturated rings. The number of thioether (sulfide) groups is 1. The second-order valence-electron chi connectivity index (χ2n) is 8.86. The Morgan fingerprint density at radius 3 is 2.39 bits per heavy atom. The molecule has 0 saturated carbocycles. The van der Waals surface area contributed by atoms with E-state index >= 15 is 0 Å². The molecule has 0 radical (unpaired) electrons. The number of ether oxygens (including phenoxy) is 1. The molecule has 2 atom stereocenters. The van der Waals surface area contributed by atoms with Crippen LogP contribution in [0.1, 0.15) is 38.6 Å². The van der Waals surface area contributed by atoms with E-state index in [0.717, 1.165) is 35.5 Å². The molecule has 0 spiro atoms. The summed E-state index contributed by atoms with van der Waals surface area (Å²) in [7, 11) is 0. The Morgan fingerprint density at radius 2 is 1.73 bits per heavy atom. The Hall–Kier alpha value is -2.80. The standard InChI is InChI=1S/C26H32N4O2S/c1-4-32-23-12-10-22(11-13-23)30-24(15-21-8-6-5-7-9-21)27-28-26(30)33-18-25(31)29-16-19(2)14-20(3)17-29/h5-13,19-20H,4,14-18H2,1-3H3/t19-,20-/m1/s1. The Labute approximate surface area is 200 Å². The van der Waals surface area contributed by atoms with Gasteiger partial charge in [-0.15, -0.1) is 10.2 Å². The summed E-state index contributed by atoms with van der Waals surface area (Å²) in [6, 6.07) is 18.2. The van der Waals surface area contributed by atoms with Gasteiger partial charge in [-0.3, -0.25) is 9.36 Å². The number of benzene rings is 2. The van der Waals surface area contributed by atoms with Crippen molar-refractivity contribution >= 4 is 17.7 Å². The third-order valence-electron chi connectivity index (χ3n) is 5.86. The Balaban J connectivity index is 1.56. The highest BCUT2D eigenvalue weighted by atomic mass is 32.2. The fourth-order valence-electron chi connectivity index (χ4n) is 4.49. The number of hydrogen-bond donors (Lipinski definition) is 0. The number of aromatic nitrogens is 3. The second kappa shape index (κ2) is 10.9. The zero-order valence-electron chi connectivity index (χ0n) is 19.6. The van der Waals surface area contributed by atoms with Gasteiger partial charge < -0.3 is 9.64 Å². The SMILES string of the molecule is CCOc1ccc(-n2c(Cc3ccccc3)nnc2SCC(=O)N2C[C@H](C)C[C@@H](C)C2)cc1. The fraction of sp³-hybridized carbons (Fsp3) is 0.423. The van der Waals surface area contributed by atoms with E-state index in [9.17, 15) is 4.79 Å². The van der Waals surface area contributed by atoms with Crippen molar-refractivity contribution in [1.82, 2.24) is 19.7 Å². The van der Waals surface area contributed by atoms with Crippen molar-refractivity contribution in [3.63, 3.8) is 0 Å². The molecule has 0 bridgehead atoms. The number of nitrogens with zero attached hydrogens (tertiary/aromatic N) is 4. The van der Waals surface area contributed by atoms with Crippen LogP contribution >= 0.6 is 11.8 Å². The van der Waals surface area contributed by atoms with Crippen LogP contribution in [0, 0.1) is 11.8 Å². The van der Waals surface area contributed by atoms with E-state index in [1.54, 1.807) is 0 Å². The molecule has 33 heavy (non-hydrogen) atoms. The summed E-state index contributed by atoms with van der Waals surface area (Å²) in [5, 5.41) is 9.70. The summed E-state index contributed by atoms with van der Waals surface area (Å²) >= 11 is 1.46. The summed E-state index contributed by atoms with van der Waals surface area (Å²) in [4.78, 5) is 15.0. The van der Waals surface area contributed by atoms with Crippen LogP contribution in [0.25, 0.3) is 5.69 Å². The molecule has 0 N–H and O–H groups in total. The number of rotatable bonds is 8. The average molecular weight is 465 g/mol. The number of carbonyl (C=O) groups is 1. The predicted molar refractivity (Wildman–Crippen MR) is 132 cm³/mol. The van der Waals surface area contributed by atoms with Crippen LogP contribution in [-0.2, 0) is 11.2 Å². The second-order valence-corrected chi connectivity index (χ2v) is 9.80. The summed E-state index contributed by atoms with van der Waals surface area (Å²) in [6.07, 6.45) is 1.85. The molecule has 1 saturated heterocycles. The maximum absolute atomic E-state index is 13.0. The van der Waals surface area contributed by atoms with Crippen molar-refractivity contribution in [3.8, 4) is 11.4 Å². The third-order valence-corrected chi connectivity index (χ3v) is 6.77. The highest BCUT2D eigenvalue weighted by molar-refractivity contribution is 7.99. The van der Waals surface area contributed by atoms with Crippen molar-refractivity contribution in [2.75, 3.05) is 25.4 Å². The van der Waals surface area contributed by atoms with E-state index < -0.39 is 0 Å². The lowest BCUT2D eigenvalue weighted by Crippen LogP contribution is -2.43. The van der Waals surface area contributed by atoms with Crippen molar-refractivity contribution in [3.05, 3.63) is 66.0 Å². The zero-order chi connectivity index (χ0) is 23.2. The third kappa shape index (κ3) is 5.96. The van der Waals surface area contributed by atoms with Crippen molar-refractivity contribution in [1.29, 1.82) is 0 Å². The first-order valence-corrected chi connectivity index (χ1v) is 12.6. The number of carbonyl (C=O) groups excluding carboxylic acids is 1. The van der Waals surface area contributed by atoms with Gasteiger partial charge in [0.25, 0.3) is 0 Å². The largest absolute Gasteiger partial charge is 0.494 e. The van der Waals surface area contributed by atoms with Crippen molar-refractivity contribution in [2.24, 2.45) is 11.8 Å². The highest BCUT2D eigenvalue weighted by Crippen LogP contribution is 2.27. The molecule has 2 aromatic carbocycles. The van der Waals surface area contributed by atoms with Gasteiger partial charge in [0.15, 0.2) is 5.16 Å². The smallest absolute Gasteiger partial charge is 0.233 e. The maximum atomic E-state index is 13.0. The molecule has 2 heterocycles. The summed E-state index contributed by atoms with van der Waals surface area (Å²) in [5.41, 5.74) is 2.13. The number of piperidine rings is 1. The molecular weight excluding hydrogens is 432 g/mol. The monoisotopic (exact) mass is 464 g/mol.